The summed E-state index contributed by atoms with van der Waals surface area (Å²) in [5, 5.41) is 18.7. The van der Waals surface area contributed by atoms with Gasteiger partial charge in [-0.15, -0.1) is 0 Å². The number of aliphatic hydroxyl groups excluding tert-OH is 2. The van der Waals surface area contributed by atoms with Gasteiger partial charge in [-0.2, -0.15) is 0 Å². The Labute approximate surface area is 82.0 Å². The van der Waals surface area contributed by atoms with E-state index in [1.807, 2.05) is 0 Å². The molecular weight excluding hydrogens is 211 g/mol. The zero-order chi connectivity index (χ0) is 10.9. The van der Waals surface area contributed by atoms with Crippen LogP contribution in [0.15, 0.2) is 0 Å². The van der Waals surface area contributed by atoms with E-state index in [4.69, 9.17) is 9.63 Å². The molecule has 1 heterocycles. The van der Waals surface area contributed by atoms with Crippen molar-refractivity contribution in [3.05, 3.63) is 0 Å². The molecule has 0 aromatic heterocycles. The van der Waals surface area contributed by atoms with Gasteiger partial charge in [0.1, 0.15) is 18.3 Å². The van der Waals surface area contributed by atoms with Crippen molar-refractivity contribution < 1.29 is 28.9 Å². The zero-order valence-corrected chi connectivity index (χ0v) is 8.92. The standard InChI is InChI=1S/C7H15O6P/c1-4-6(8)7(9)5(13-4)3-12-14(2,10)11/h4-9H,3H2,1-2H3,(H,10,11)/t4-,5+,6+,7?/m0/s1. The molecular formula is C7H15O6P. The SMILES string of the molecule is C[C@@H]1O[C@H](COP(C)(=O)O)C(O)[C@@H]1O. The predicted octanol–water partition coefficient (Wildman–Crippen LogP) is -0.673. The van der Waals surface area contributed by atoms with E-state index in [1.54, 1.807) is 6.92 Å². The Bertz CT molecular complexity index is 238. The fourth-order valence-corrected chi connectivity index (χ4v) is 1.71. The number of hydrogen-bond donors (Lipinski definition) is 3. The van der Waals surface area contributed by atoms with Crippen molar-refractivity contribution in [2.75, 3.05) is 13.3 Å². The van der Waals surface area contributed by atoms with Crippen LogP contribution in [0.2, 0.25) is 0 Å². The van der Waals surface area contributed by atoms with Crippen molar-refractivity contribution in [2.45, 2.75) is 31.3 Å². The predicted molar refractivity (Wildman–Crippen MR) is 48.0 cm³/mol. The number of hydrogen-bond acceptors (Lipinski definition) is 5. The summed E-state index contributed by atoms with van der Waals surface area (Å²) in [7, 11) is -3.56. The van der Waals surface area contributed by atoms with Crippen molar-refractivity contribution >= 4 is 7.60 Å². The van der Waals surface area contributed by atoms with E-state index in [1.165, 1.54) is 0 Å². The van der Waals surface area contributed by atoms with Crippen molar-refractivity contribution in [3.8, 4) is 0 Å². The molecule has 3 N–H and O–H groups in total. The van der Waals surface area contributed by atoms with Gasteiger partial charge in [0, 0.05) is 6.66 Å². The fourth-order valence-electron chi connectivity index (χ4n) is 1.28. The van der Waals surface area contributed by atoms with Gasteiger partial charge < -0.3 is 24.4 Å². The summed E-state index contributed by atoms with van der Waals surface area (Å²) in [5.41, 5.74) is 0. The molecule has 0 aromatic rings. The molecule has 84 valence electrons. The lowest BCUT2D eigenvalue weighted by atomic mass is 10.1. The molecule has 5 atom stereocenters. The summed E-state index contributed by atoms with van der Waals surface area (Å²) in [6, 6.07) is 0. The van der Waals surface area contributed by atoms with Gasteiger partial charge in [-0.1, -0.05) is 0 Å². The molecule has 6 nitrogen and oxygen atoms in total. The Morgan fingerprint density at radius 1 is 1.43 bits per heavy atom. The molecule has 0 amide bonds. The first kappa shape index (κ1) is 12.1. The fraction of sp³-hybridized carbons (Fsp3) is 1.00. The van der Waals surface area contributed by atoms with E-state index < -0.39 is 32.0 Å². The quantitative estimate of drug-likeness (QED) is 0.552. The Morgan fingerprint density at radius 2 is 2.00 bits per heavy atom. The van der Waals surface area contributed by atoms with Crippen LogP contribution in [0, 0.1) is 0 Å². The third kappa shape index (κ3) is 3.02. The van der Waals surface area contributed by atoms with Crippen molar-refractivity contribution in [3.63, 3.8) is 0 Å². The van der Waals surface area contributed by atoms with Crippen molar-refractivity contribution in [1.82, 2.24) is 0 Å². The molecule has 0 radical (unpaired) electrons. The highest BCUT2D eigenvalue weighted by molar-refractivity contribution is 7.51. The Balaban J connectivity index is 2.44. The lowest BCUT2D eigenvalue weighted by Crippen LogP contribution is -2.33. The van der Waals surface area contributed by atoms with Gasteiger partial charge in [-0.05, 0) is 6.92 Å². The van der Waals surface area contributed by atoms with E-state index >= 15 is 0 Å². The van der Waals surface area contributed by atoms with Gasteiger partial charge >= 0.3 is 7.60 Å². The monoisotopic (exact) mass is 226 g/mol. The van der Waals surface area contributed by atoms with Crippen LogP contribution < -0.4 is 0 Å². The van der Waals surface area contributed by atoms with Crippen LogP contribution in [-0.2, 0) is 13.8 Å². The van der Waals surface area contributed by atoms with Gasteiger partial charge in [0.15, 0.2) is 0 Å². The second-order valence-electron chi connectivity index (χ2n) is 3.46. The minimum absolute atomic E-state index is 0.202. The highest BCUT2D eigenvalue weighted by Crippen LogP contribution is 2.37. The van der Waals surface area contributed by atoms with Gasteiger partial charge in [0.05, 0.1) is 12.7 Å². The van der Waals surface area contributed by atoms with Crippen LogP contribution in [0.25, 0.3) is 0 Å². The Kier molecular flexibility index (Phi) is 3.69. The first-order valence-electron chi connectivity index (χ1n) is 4.27. The molecule has 0 spiro atoms. The lowest BCUT2D eigenvalue weighted by molar-refractivity contribution is -0.0127. The molecule has 2 unspecified atom stereocenters. The third-order valence-electron chi connectivity index (χ3n) is 2.08. The molecule has 0 bridgehead atoms. The Hall–Kier alpha value is 0.0300. The maximum absolute atomic E-state index is 10.8. The van der Waals surface area contributed by atoms with E-state index in [2.05, 4.69) is 4.52 Å². The molecule has 0 aliphatic carbocycles. The van der Waals surface area contributed by atoms with E-state index in [9.17, 15) is 14.8 Å². The van der Waals surface area contributed by atoms with Crippen LogP contribution >= 0.6 is 7.60 Å². The average Bonchev–Trinajstić information content (AvgIpc) is 2.28. The normalized spacial score (nSPS) is 42.4. The number of ether oxygens (including phenoxy) is 1. The molecule has 0 saturated carbocycles. The summed E-state index contributed by atoms with van der Waals surface area (Å²) >= 11 is 0. The molecule has 1 aliphatic heterocycles. The average molecular weight is 226 g/mol. The van der Waals surface area contributed by atoms with Gasteiger partial charge in [-0.25, -0.2) is 0 Å². The molecule has 1 fully saturated rings. The summed E-state index contributed by atoms with van der Waals surface area (Å²) in [6.07, 6.45) is -3.29. The van der Waals surface area contributed by atoms with Crippen LogP contribution in [0.1, 0.15) is 6.92 Å². The summed E-state index contributed by atoms with van der Waals surface area (Å²) in [4.78, 5) is 8.83. The van der Waals surface area contributed by atoms with Gasteiger partial charge in [0.25, 0.3) is 0 Å². The van der Waals surface area contributed by atoms with Crippen molar-refractivity contribution in [2.24, 2.45) is 0 Å². The molecule has 1 rings (SSSR count). The van der Waals surface area contributed by atoms with E-state index in [-0.39, 0.29) is 6.61 Å². The summed E-state index contributed by atoms with van der Waals surface area (Å²) in [6.45, 7) is 2.46. The second-order valence-corrected chi connectivity index (χ2v) is 5.32. The highest BCUT2D eigenvalue weighted by Gasteiger charge is 2.40. The minimum Gasteiger partial charge on any atom is -0.388 e. The topological polar surface area (TPSA) is 96.2 Å². The second kappa shape index (κ2) is 4.26. The Morgan fingerprint density at radius 3 is 2.36 bits per heavy atom. The van der Waals surface area contributed by atoms with Crippen molar-refractivity contribution in [1.29, 1.82) is 0 Å². The van der Waals surface area contributed by atoms with E-state index in [0.29, 0.717) is 0 Å². The lowest BCUT2D eigenvalue weighted by Gasteiger charge is -2.15. The maximum atomic E-state index is 10.8. The highest BCUT2D eigenvalue weighted by atomic mass is 31.2. The largest absolute Gasteiger partial charge is 0.388 e. The first-order valence-corrected chi connectivity index (χ1v) is 6.30. The summed E-state index contributed by atoms with van der Waals surface area (Å²) in [5.74, 6) is 0. The van der Waals surface area contributed by atoms with Crippen LogP contribution in [-0.4, -0.2) is 52.8 Å². The minimum atomic E-state index is -3.56. The van der Waals surface area contributed by atoms with Crippen LogP contribution in [0.5, 0.6) is 0 Å². The zero-order valence-electron chi connectivity index (χ0n) is 8.03. The van der Waals surface area contributed by atoms with E-state index in [0.717, 1.165) is 6.66 Å². The third-order valence-corrected chi connectivity index (χ3v) is 2.71. The van der Waals surface area contributed by atoms with Crippen LogP contribution in [0.3, 0.4) is 0 Å². The summed E-state index contributed by atoms with van der Waals surface area (Å²) < 4.78 is 20.5. The smallest absolute Gasteiger partial charge is 0.325 e. The molecule has 1 aliphatic rings. The van der Waals surface area contributed by atoms with Gasteiger partial charge in [-0.3, -0.25) is 4.57 Å². The first-order chi connectivity index (χ1) is 6.31. The molecule has 14 heavy (non-hydrogen) atoms. The number of aliphatic hydroxyl groups is 2. The molecule has 7 heteroatoms. The van der Waals surface area contributed by atoms with Gasteiger partial charge in [0.2, 0.25) is 0 Å². The van der Waals surface area contributed by atoms with Crippen LogP contribution in [0.4, 0.5) is 0 Å². The number of rotatable bonds is 3. The molecule has 0 aromatic carbocycles. The maximum Gasteiger partial charge on any atom is 0.325 e. The molecule has 1 saturated heterocycles.